The molecule has 0 aromatic carbocycles. The molecule has 1 N–H and O–H groups in total. The van der Waals surface area contributed by atoms with Crippen molar-refractivity contribution in [2.24, 2.45) is 0 Å². The smallest absolute Gasteiger partial charge is 0.270 e. The van der Waals surface area contributed by atoms with Crippen LogP contribution in [0.2, 0.25) is 0 Å². The quantitative estimate of drug-likeness (QED) is 0.935. The van der Waals surface area contributed by atoms with Crippen LogP contribution < -0.4 is 5.32 Å². The second kappa shape index (κ2) is 5.81. The van der Waals surface area contributed by atoms with E-state index in [0.717, 1.165) is 31.7 Å². The zero-order chi connectivity index (χ0) is 13.9. The number of rotatable bonds is 4. The standard InChI is InChI=1S/C15H19N3OS/c1-17(12-6-7-16-10-12)15(19)14-5-2-8-18(14)11-13-4-3-9-20-13/h2-5,8-9,12,16H,6-7,10-11H2,1H3. The molecule has 1 fully saturated rings. The molecule has 1 aliphatic heterocycles. The van der Waals surface area contributed by atoms with E-state index in [1.165, 1.54) is 4.88 Å². The maximum atomic E-state index is 12.6. The second-order valence-electron chi connectivity index (χ2n) is 5.16. The highest BCUT2D eigenvalue weighted by molar-refractivity contribution is 7.09. The first-order valence-electron chi connectivity index (χ1n) is 6.91. The van der Waals surface area contributed by atoms with Gasteiger partial charge in [0.1, 0.15) is 5.69 Å². The monoisotopic (exact) mass is 289 g/mol. The molecule has 5 heteroatoms. The van der Waals surface area contributed by atoms with Gasteiger partial charge in [0.15, 0.2) is 0 Å². The molecule has 0 bridgehead atoms. The molecule has 0 aliphatic carbocycles. The van der Waals surface area contributed by atoms with Gasteiger partial charge in [-0.3, -0.25) is 4.79 Å². The van der Waals surface area contributed by atoms with Crippen molar-refractivity contribution in [3.05, 3.63) is 46.4 Å². The van der Waals surface area contributed by atoms with E-state index in [9.17, 15) is 4.79 Å². The fraction of sp³-hybridized carbons (Fsp3) is 0.400. The zero-order valence-corrected chi connectivity index (χ0v) is 12.4. The van der Waals surface area contributed by atoms with Gasteiger partial charge in [-0.2, -0.15) is 0 Å². The number of thiophene rings is 1. The van der Waals surface area contributed by atoms with Gasteiger partial charge in [-0.15, -0.1) is 11.3 Å². The Morgan fingerprint density at radius 2 is 2.40 bits per heavy atom. The molecule has 1 atom stereocenters. The third kappa shape index (κ3) is 2.64. The van der Waals surface area contributed by atoms with Crippen LogP contribution in [-0.2, 0) is 6.54 Å². The molecule has 0 saturated carbocycles. The van der Waals surface area contributed by atoms with Crippen LogP contribution in [0.1, 0.15) is 21.8 Å². The van der Waals surface area contributed by atoms with Crippen LogP contribution in [-0.4, -0.2) is 41.6 Å². The van der Waals surface area contributed by atoms with Gasteiger partial charge in [0, 0.05) is 30.7 Å². The van der Waals surface area contributed by atoms with Crippen molar-refractivity contribution < 1.29 is 4.79 Å². The summed E-state index contributed by atoms with van der Waals surface area (Å²) in [5.41, 5.74) is 0.771. The molecule has 106 valence electrons. The molecule has 1 saturated heterocycles. The van der Waals surface area contributed by atoms with Crippen molar-refractivity contribution in [1.29, 1.82) is 0 Å². The van der Waals surface area contributed by atoms with E-state index >= 15 is 0 Å². The van der Waals surface area contributed by atoms with Crippen molar-refractivity contribution in [3.63, 3.8) is 0 Å². The van der Waals surface area contributed by atoms with Crippen molar-refractivity contribution in [2.45, 2.75) is 19.0 Å². The third-order valence-corrected chi connectivity index (χ3v) is 4.72. The molecule has 1 unspecified atom stereocenters. The van der Waals surface area contributed by atoms with E-state index in [1.807, 2.05) is 40.9 Å². The molecule has 3 rings (SSSR count). The van der Waals surface area contributed by atoms with E-state index in [1.54, 1.807) is 11.3 Å². The fourth-order valence-electron chi connectivity index (χ4n) is 2.63. The van der Waals surface area contributed by atoms with Crippen LogP contribution in [0.4, 0.5) is 0 Å². The highest BCUT2D eigenvalue weighted by Gasteiger charge is 2.25. The van der Waals surface area contributed by atoms with E-state index in [0.29, 0.717) is 6.04 Å². The van der Waals surface area contributed by atoms with Crippen LogP contribution in [0.3, 0.4) is 0 Å². The summed E-state index contributed by atoms with van der Waals surface area (Å²) >= 11 is 1.72. The van der Waals surface area contributed by atoms with Crippen molar-refractivity contribution >= 4 is 17.2 Å². The Hall–Kier alpha value is -1.59. The fourth-order valence-corrected chi connectivity index (χ4v) is 3.34. The summed E-state index contributed by atoms with van der Waals surface area (Å²) in [5, 5.41) is 5.37. The lowest BCUT2D eigenvalue weighted by Gasteiger charge is -2.24. The largest absolute Gasteiger partial charge is 0.338 e. The normalized spacial score (nSPS) is 18.4. The Labute approximate surface area is 123 Å². The summed E-state index contributed by atoms with van der Waals surface area (Å²) in [6.45, 7) is 2.66. The number of amides is 1. The van der Waals surface area contributed by atoms with E-state index in [4.69, 9.17) is 0 Å². The predicted molar refractivity (Wildman–Crippen MR) is 81.2 cm³/mol. The lowest BCUT2D eigenvalue weighted by Crippen LogP contribution is -2.39. The molecular weight excluding hydrogens is 270 g/mol. The Balaban J connectivity index is 1.76. The van der Waals surface area contributed by atoms with Gasteiger partial charge in [0.2, 0.25) is 0 Å². The maximum Gasteiger partial charge on any atom is 0.270 e. The number of nitrogens with zero attached hydrogens (tertiary/aromatic N) is 2. The Bertz CT molecular complexity index is 570. The van der Waals surface area contributed by atoms with Gasteiger partial charge >= 0.3 is 0 Å². The van der Waals surface area contributed by atoms with Crippen LogP contribution in [0.15, 0.2) is 35.8 Å². The highest BCUT2D eigenvalue weighted by atomic mass is 32.1. The average molecular weight is 289 g/mol. The second-order valence-corrected chi connectivity index (χ2v) is 6.20. The Kier molecular flexibility index (Phi) is 3.89. The average Bonchev–Trinajstić information content (AvgIpc) is 3.20. The number of likely N-dealkylation sites (N-methyl/N-ethyl adjacent to an activating group) is 1. The topological polar surface area (TPSA) is 37.3 Å². The molecule has 0 spiro atoms. The van der Waals surface area contributed by atoms with Crippen LogP contribution in [0, 0.1) is 0 Å². The molecular formula is C15H19N3OS. The molecule has 2 aromatic heterocycles. The Morgan fingerprint density at radius 3 is 3.10 bits per heavy atom. The molecule has 3 heterocycles. The van der Waals surface area contributed by atoms with Crippen LogP contribution in [0.5, 0.6) is 0 Å². The van der Waals surface area contributed by atoms with Crippen molar-refractivity contribution in [1.82, 2.24) is 14.8 Å². The molecule has 20 heavy (non-hydrogen) atoms. The van der Waals surface area contributed by atoms with Gasteiger partial charge in [0.25, 0.3) is 5.91 Å². The summed E-state index contributed by atoms with van der Waals surface area (Å²) in [6.07, 6.45) is 3.02. The first-order valence-corrected chi connectivity index (χ1v) is 7.79. The number of hydrogen-bond donors (Lipinski definition) is 1. The summed E-state index contributed by atoms with van der Waals surface area (Å²) in [6, 6.07) is 8.31. The lowest BCUT2D eigenvalue weighted by molar-refractivity contribution is 0.0733. The number of carbonyl (C=O) groups excluding carboxylic acids is 1. The van der Waals surface area contributed by atoms with Crippen LogP contribution >= 0.6 is 11.3 Å². The van der Waals surface area contributed by atoms with Crippen LogP contribution in [0.25, 0.3) is 0 Å². The first kappa shape index (κ1) is 13.4. The third-order valence-electron chi connectivity index (χ3n) is 3.86. The lowest BCUT2D eigenvalue weighted by atomic mass is 10.2. The minimum Gasteiger partial charge on any atom is -0.338 e. The number of aromatic nitrogens is 1. The maximum absolute atomic E-state index is 12.6. The van der Waals surface area contributed by atoms with E-state index < -0.39 is 0 Å². The first-order chi connectivity index (χ1) is 9.75. The van der Waals surface area contributed by atoms with E-state index in [-0.39, 0.29) is 5.91 Å². The van der Waals surface area contributed by atoms with Gasteiger partial charge in [-0.05, 0) is 36.5 Å². The summed E-state index contributed by atoms with van der Waals surface area (Å²) in [4.78, 5) is 15.8. The summed E-state index contributed by atoms with van der Waals surface area (Å²) in [7, 11) is 1.91. The van der Waals surface area contributed by atoms with Crippen molar-refractivity contribution in [3.8, 4) is 0 Å². The van der Waals surface area contributed by atoms with Gasteiger partial charge in [-0.1, -0.05) is 6.07 Å². The van der Waals surface area contributed by atoms with Gasteiger partial charge < -0.3 is 14.8 Å². The van der Waals surface area contributed by atoms with Gasteiger partial charge in [-0.25, -0.2) is 0 Å². The van der Waals surface area contributed by atoms with Crippen molar-refractivity contribution in [2.75, 3.05) is 20.1 Å². The molecule has 1 aliphatic rings. The minimum atomic E-state index is 0.111. The number of nitrogens with one attached hydrogen (secondary N) is 1. The predicted octanol–water partition coefficient (Wildman–Crippen LogP) is 2.03. The molecule has 0 radical (unpaired) electrons. The summed E-state index contributed by atoms with van der Waals surface area (Å²) < 4.78 is 2.03. The minimum absolute atomic E-state index is 0.111. The molecule has 1 amide bonds. The zero-order valence-electron chi connectivity index (χ0n) is 11.6. The van der Waals surface area contributed by atoms with E-state index in [2.05, 4.69) is 16.8 Å². The molecule has 4 nitrogen and oxygen atoms in total. The van der Waals surface area contributed by atoms with Gasteiger partial charge in [0.05, 0.1) is 6.54 Å². The Morgan fingerprint density at radius 1 is 1.50 bits per heavy atom. The highest BCUT2D eigenvalue weighted by Crippen LogP contribution is 2.16. The summed E-state index contributed by atoms with van der Waals surface area (Å²) in [5.74, 6) is 0.111. The number of carbonyl (C=O) groups is 1. The number of hydrogen-bond acceptors (Lipinski definition) is 3. The SMILES string of the molecule is CN(C(=O)c1cccn1Cc1cccs1)C1CCNC1. The molecule has 2 aromatic rings.